The van der Waals surface area contributed by atoms with Gasteiger partial charge in [-0.2, -0.15) is 0 Å². The molecule has 0 saturated heterocycles. The Morgan fingerprint density at radius 2 is 2.00 bits per heavy atom. The molecule has 88 valence electrons. The molecular weight excluding hydrogens is 228 g/mol. The SMILES string of the molecule is CCSC(SCC)[C@@]1(C)C=C[C@@H](CO)O1. The summed E-state index contributed by atoms with van der Waals surface area (Å²) >= 11 is 3.83. The van der Waals surface area contributed by atoms with Crippen molar-refractivity contribution in [1.82, 2.24) is 0 Å². The summed E-state index contributed by atoms with van der Waals surface area (Å²) in [4.78, 5) is 0. The Morgan fingerprint density at radius 3 is 2.40 bits per heavy atom. The summed E-state index contributed by atoms with van der Waals surface area (Å²) in [5.41, 5.74) is -0.227. The van der Waals surface area contributed by atoms with Crippen LogP contribution >= 0.6 is 23.5 Å². The lowest BCUT2D eigenvalue weighted by atomic mass is 10.1. The molecule has 0 aliphatic carbocycles. The van der Waals surface area contributed by atoms with E-state index in [-0.39, 0.29) is 18.3 Å². The Bertz CT molecular complexity index is 215. The molecule has 1 aliphatic rings. The van der Waals surface area contributed by atoms with Crippen LogP contribution in [0.4, 0.5) is 0 Å². The number of ether oxygens (including phenoxy) is 1. The van der Waals surface area contributed by atoms with Gasteiger partial charge < -0.3 is 9.84 Å². The minimum absolute atomic E-state index is 0.0758. The van der Waals surface area contributed by atoms with E-state index in [4.69, 9.17) is 9.84 Å². The first-order valence-corrected chi connectivity index (χ1v) is 7.47. The van der Waals surface area contributed by atoms with Crippen molar-refractivity contribution in [2.24, 2.45) is 0 Å². The van der Waals surface area contributed by atoms with Crippen LogP contribution in [0, 0.1) is 0 Å². The van der Waals surface area contributed by atoms with Crippen molar-refractivity contribution in [3.05, 3.63) is 12.2 Å². The highest BCUT2D eigenvalue weighted by atomic mass is 32.2. The Labute approximate surface area is 101 Å². The second-order valence-electron chi connectivity index (χ2n) is 3.62. The minimum Gasteiger partial charge on any atom is -0.393 e. The molecule has 1 rings (SSSR count). The lowest BCUT2D eigenvalue weighted by Gasteiger charge is -2.32. The van der Waals surface area contributed by atoms with Crippen molar-refractivity contribution in [2.45, 2.75) is 37.1 Å². The maximum atomic E-state index is 9.05. The van der Waals surface area contributed by atoms with Crippen LogP contribution in [0.3, 0.4) is 0 Å². The van der Waals surface area contributed by atoms with Gasteiger partial charge in [-0.3, -0.25) is 0 Å². The maximum absolute atomic E-state index is 9.05. The van der Waals surface area contributed by atoms with Crippen molar-refractivity contribution in [3.63, 3.8) is 0 Å². The summed E-state index contributed by atoms with van der Waals surface area (Å²) in [5.74, 6) is 2.18. The number of aliphatic hydroxyl groups is 1. The lowest BCUT2D eigenvalue weighted by molar-refractivity contribution is -0.0234. The lowest BCUT2D eigenvalue weighted by Crippen LogP contribution is -2.36. The maximum Gasteiger partial charge on any atom is 0.105 e. The van der Waals surface area contributed by atoms with E-state index < -0.39 is 0 Å². The zero-order chi connectivity index (χ0) is 11.3. The Balaban J connectivity index is 2.62. The highest BCUT2D eigenvalue weighted by Crippen LogP contribution is 2.39. The smallest absolute Gasteiger partial charge is 0.105 e. The molecule has 1 heterocycles. The van der Waals surface area contributed by atoms with E-state index in [2.05, 4.69) is 26.8 Å². The van der Waals surface area contributed by atoms with E-state index in [1.165, 1.54) is 0 Å². The summed E-state index contributed by atoms with van der Waals surface area (Å²) in [6, 6.07) is 0. The molecule has 4 heteroatoms. The van der Waals surface area contributed by atoms with E-state index >= 15 is 0 Å². The number of hydrogen-bond donors (Lipinski definition) is 1. The second-order valence-corrected chi connectivity index (χ2v) is 6.69. The molecule has 15 heavy (non-hydrogen) atoms. The van der Waals surface area contributed by atoms with Crippen molar-refractivity contribution in [3.8, 4) is 0 Å². The molecule has 0 saturated carbocycles. The molecule has 2 atom stereocenters. The van der Waals surface area contributed by atoms with Crippen LogP contribution in [-0.4, -0.2) is 39.5 Å². The average Bonchev–Trinajstić information content (AvgIpc) is 2.61. The molecule has 0 spiro atoms. The molecule has 1 aliphatic heterocycles. The fourth-order valence-electron chi connectivity index (χ4n) is 1.62. The zero-order valence-electron chi connectivity index (χ0n) is 9.60. The van der Waals surface area contributed by atoms with Gasteiger partial charge >= 0.3 is 0 Å². The van der Waals surface area contributed by atoms with Crippen LogP contribution in [-0.2, 0) is 4.74 Å². The number of thioether (sulfide) groups is 2. The van der Waals surface area contributed by atoms with Crippen LogP contribution < -0.4 is 0 Å². The van der Waals surface area contributed by atoms with Gasteiger partial charge in [0.05, 0.1) is 17.3 Å². The summed E-state index contributed by atoms with van der Waals surface area (Å²) in [6.07, 6.45) is 3.95. The molecule has 0 bridgehead atoms. The van der Waals surface area contributed by atoms with Gasteiger partial charge in [0.2, 0.25) is 0 Å². The van der Waals surface area contributed by atoms with Crippen LogP contribution in [0.15, 0.2) is 12.2 Å². The Morgan fingerprint density at radius 1 is 1.40 bits per heavy atom. The fraction of sp³-hybridized carbons (Fsp3) is 0.818. The topological polar surface area (TPSA) is 29.5 Å². The molecule has 0 aromatic heterocycles. The van der Waals surface area contributed by atoms with Crippen LogP contribution in [0.25, 0.3) is 0 Å². The van der Waals surface area contributed by atoms with Crippen molar-refractivity contribution >= 4 is 23.5 Å². The van der Waals surface area contributed by atoms with Gasteiger partial charge in [0, 0.05) is 0 Å². The Hall–Kier alpha value is 0.360. The molecule has 0 fully saturated rings. The third-order valence-electron chi connectivity index (χ3n) is 2.33. The first-order valence-electron chi connectivity index (χ1n) is 5.37. The van der Waals surface area contributed by atoms with E-state index in [0.717, 1.165) is 11.5 Å². The van der Waals surface area contributed by atoms with Gasteiger partial charge in [-0.15, -0.1) is 23.5 Å². The zero-order valence-corrected chi connectivity index (χ0v) is 11.2. The third-order valence-corrected chi connectivity index (χ3v) is 5.36. The van der Waals surface area contributed by atoms with E-state index in [1.54, 1.807) is 0 Å². The Kier molecular flexibility index (Phi) is 5.53. The predicted molar refractivity (Wildman–Crippen MR) is 69.6 cm³/mol. The predicted octanol–water partition coefficient (Wildman–Crippen LogP) is 2.52. The van der Waals surface area contributed by atoms with Crippen molar-refractivity contribution in [1.29, 1.82) is 0 Å². The molecule has 0 amide bonds. The monoisotopic (exact) mass is 248 g/mol. The molecule has 0 radical (unpaired) electrons. The van der Waals surface area contributed by atoms with Gasteiger partial charge in [-0.05, 0) is 18.4 Å². The van der Waals surface area contributed by atoms with E-state index in [9.17, 15) is 0 Å². The van der Waals surface area contributed by atoms with Crippen molar-refractivity contribution in [2.75, 3.05) is 18.1 Å². The molecule has 0 unspecified atom stereocenters. The largest absolute Gasteiger partial charge is 0.393 e. The number of rotatable bonds is 6. The first kappa shape index (κ1) is 13.4. The first-order chi connectivity index (χ1) is 7.16. The number of aliphatic hydroxyl groups excluding tert-OH is 1. The highest BCUT2D eigenvalue weighted by molar-refractivity contribution is 8.17. The fourth-order valence-corrected chi connectivity index (χ4v) is 4.35. The summed E-state index contributed by atoms with van der Waals surface area (Å²) in [7, 11) is 0. The molecule has 1 N–H and O–H groups in total. The molecular formula is C11H20O2S2. The second kappa shape index (κ2) is 6.18. The van der Waals surface area contributed by atoms with E-state index in [1.807, 2.05) is 29.6 Å². The van der Waals surface area contributed by atoms with Crippen LogP contribution in [0.1, 0.15) is 20.8 Å². The van der Waals surface area contributed by atoms with Crippen LogP contribution in [0.2, 0.25) is 0 Å². The van der Waals surface area contributed by atoms with Crippen LogP contribution in [0.5, 0.6) is 0 Å². The summed E-state index contributed by atoms with van der Waals surface area (Å²) < 4.78 is 6.28. The molecule has 0 aromatic rings. The van der Waals surface area contributed by atoms with Crippen molar-refractivity contribution < 1.29 is 9.84 Å². The van der Waals surface area contributed by atoms with E-state index in [0.29, 0.717) is 4.58 Å². The number of hydrogen-bond acceptors (Lipinski definition) is 4. The summed E-state index contributed by atoms with van der Waals surface area (Å²) in [5, 5.41) is 9.05. The minimum atomic E-state index is -0.227. The van der Waals surface area contributed by atoms with Gasteiger partial charge in [-0.25, -0.2) is 0 Å². The van der Waals surface area contributed by atoms with Gasteiger partial charge in [0.25, 0.3) is 0 Å². The average molecular weight is 248 g/mol. The molecule has 0 aromatic carbocycles. The normalized spacial score (nSPS) is 30.3. The quantitative estimate of drug-likeness (QED) is 0.578. The summed E-state index contributed by atoms with van der Waals surface area (Å²) in [6.45, 7) is 6.51. The van der Waals surface area contributed by atoms with Gasteiger partial charge in [-0.1, -0.05) is 26.0 Å². The standard InChI is InChI=1S/C11H20O2S2/c1-4-14-10(15-5-2)11(3)7-6-9(8-12)13-11/h6-7,9-10,12H,4-5,8H2,1-3H3/t9-,11+/m0/s1. The van der Waals surface area contributed by atoms with Gasteiger partial charge in [0.15, 0.2) is 0 Å². The molecule has 2 nitrogen and oxygen atoms in total. The third kappa shape index (κ3) is 3.41. The highest BCUT2D eigenvalue weighted by Gasteiger charge is 2.38. The van der Waals surface area contributed by atoms with Gasteiger partial charge in [0.1, 0.15) is 5.60 Å².